The van der Waals surface area contributed by atoms with Gasteiger partial charge in [0.1, 0.15) is 11.3 Å². The van der Waals surface area contributed by atoms with Crippen molar-refractivity contribution >= 4 is 52.0 Å². The molecule has 1 atom stereocenters. The number of anilines is 1. The summed E-state index contributed by atoms with van der Waals surface area (Å²) < 4.78 is 10.4. The van der Waals surface area contributed by atoms with Crippen LogP contribution in [0.15, 0.2) is 10.5 Å². The third-order valence-corrected chi connectivity index (χ3v) is 5.29. The summed E-state index contributed by atoms with van der Waals surface area (Å²) in [6, 6.07) is -1.62. The Bertz CT molecular complexity index is 1070. The molecule has 0 aromatic carbocycles. The molecule has 0 radical (unpaired) electrons. The van der Waals surface area contributed by atoms with Gasteiger partial charge < -0.3 is 24.5 Å². The van der Waals surface area contributed by atoms with Crippen molar-refractivity contribution in [2.75, 3.05) is 11.9 Å². The molecule has 0 bridgehead atoms. The first-order chi connectivity index (χ1) is 16.8. The Balaban J connectivity index is 1.81. The van der Waals surface area contributed by atoms with E-state index >= 15 is 0 Å². The van der Waals surface area contributed by atoms with Crippen molar-refractivity contribution in [3.63, 3.8) is 0 Å². The third-order valence-electron chi connectivity index (χ3n) is 4.53. The minimum absolute atomic E-state index is 0.0540. The van der Waals surface area contributed by atoms with Crippen molar-refractivity contribution in [2.45, 2.75) is 64.7 Å². The molecule has 2 heterocycles. The Hall–Kier alpha value is -3.75. The van der Waals surface area contributed by atoms with Gasteiger partial charge in [0.15, 0.2) is 10.8 Å². The second-order valence-corrected chi connectivity index (χ2v) is 10.3. The monoisotopic (exact) mass is 525 g/mol. The van der Waals surface area contributed by atoms with E-state index < -0.39 is 52.8 Å². The number of nitrogens with one attached hydrogen (secondary N) is 3. The number of hydrogen-bond acceptors (Lipinski definition) is 12. The van der Waals surface area contributed by atoms with E-state index in [9.17, 15) is 24.0 Å². The number of hydrogen-bond donors (Lipinski definition) is 3. The molecule has 1 aromatic heterocycles. The molecule has 15 heteroatoms. The topological polar surface area (TPSA) is 184 Å². The molecule has 3 N–H and O–H groups in total. The van der Waals surface area contributed by atoms with Crippen molar-refractivity contribution in [3.05, 3.63) is 11.1 Å². The number of nitrogens with zero attached hydrogens (tertiary/aromatic N) is 2. The van der Waals surface area contributed by atoms with Gasteiger partial charge in [0.05, 0.1) is 6.61 Å². The summed E-state index contributed by atoms with van der Waals surface area (Å²) in [4.78, 5) is 74.9. The molecule has 0 unspecified atom stereocenters. The number of carbonyl (C=O) groups excluding carboxylic acids is 5. The Kier molecular flexibility index (Phi) is 7.81. The number of hydroxylamine groups is 1. The zero-order chi connectivity index (χ0) is 26.7. The van der Waals surface area contributed by atoms with E-state index in [1.807, 2.05) is 19.3 Å². The molecule has 14 nitrogen and oxygen atoms in total. The van der Waals surface area contributed by atoms with Gasteiger partial charge in [-0.15, -0.1) is 11.3 Å². The van der Waals surface area contributed by atoms with Crippen LogP contribution in [0.5, 0.6) is 0 Å². The van der Waals surface area contributed by atoms with Crippen LogP contribution in [0.3, 0.4) is 0 Å². The number of aromatic nitrogens is 1. The number of thiazole rings is 1. The number of carbonyl (C=O) groups is 5. The first-order valence-corrected chi connectivity index (χ1v) is 11.9. The number of amides is 3. The standard InChI is InChI=1S/C21H27N5O9S/c1-10(2)8-32-17(30)21(6-7-21)35-25-12(14(27)23-13-15(28)26-34-16(13)29)11-9-36-18(22-11)24-19(31)33-20(3,4)5/h9-10,13H,6-8H2,1-5H3,(H,23,27)(H,26,28)(H,22,24,31)/b25-12-/t13-/m1/s1. The van der Waals surface area contributed by atoms with Crippen LogP contribution < -0.4 is 16.1 Å². The van der Waals surface area contributed by atoms with E-state index in [1.54, 1.807) is 20.8 Å². The Labute approximate surface area is 210 Å². The highest BCUT2D eigenvalue weighted by Gasteiger charge is 2.56. The third kappa shape index (κ3) is 6.90. The number of oxime groups is 1. The van der Waals surface area contributed by atoms with E-state index in [0.29, 0.717) is 12.8 Å². The van der Waals surface area contributed by atoms with Gasteiger partial charge in [-0.05, 0) is 26.7 Å². The van der Waals surface area contributed by atoms with Gasteiger partial charge in [0.25, 0.3) is 11.8 Å². The van der Waals surface area contributed by atoms with E-state index in [2.05, 4.69) is 25.6 Å². The second-order valence-electron chi connectivity index (χ2n) is 9.48. The van der Waals surface area contributed by atoms with Gasteiger partial charge in [-0.1, -0.05) is 19.0 Å². The summed E-state index contributed by atoms with van der Waals surface area (Å²) in [6.45, 7) is 9.02. The molecule has 36 heavy (non-hydrogen) atoms. The molecule has 1 aromatic rings. The maximum absolute atomic E-state index is 13.0. The summed E-state index contributed by atoms with van der Waals surface area (Å²) in [5, 5.41) is 9.93. The Morgan fingerprint density at radius 3 is 2.56 bits per heavy atom. The van der Waals surface area contributed by atoms with Gasteiger partial charge in [-0.2, -0.15) is 5.48 Å². The smallest absolute Gasteiger partial charge is 0.413 e. The summed E-state index contributed by atoms with van der Waals surface area (Å²) >= 11 is 0.958. The van der Waals surface area contributed by atoms with Crippen LogP contribution in [0.4, 0.5) is 9.93 Å². The maximum atomic E-state index is 13.0. The van der Waals surface area contributed by atoms with Crippen molar-refractivity contribution in [3.8, 4) is 0 Å². The fourth-order valence-electron chi connectivity index (χ4n) is 2.64. The summed E-state index contributed by atoms with van der Waals surface area (Å²) in [7, 11) is 0. The van der Waals surface area contributed by atoms with Gasteiger partial charge in [0, 0.05) is 18.2 Å². The molecule has 0 spiro atoms. The van der Waals surface area contributed by atoms with E-state index in [0.717, 1.165) is 11.3 Å². The fourth-order valence-corrected chi connectivity index (χ4v) is 3.32. The minimum atomic E-state index is -1.62. The number of rotatable bonds is 9. The molecule has 2 fully saturated rings. The Morgan fingerprint density at radius 1 is 1.31 bits per heavy atom. The highest BCUT2D eigenvalue weighted by Crippen LogP contribution is 2.41. The zero-order valence-electron chi connectivity index (χ0n) is 20.3. The van der Waals surface area contributed by atoms with Crippen LogP contribution >= 0.6 is 11.3 Å². The highest BCUT2D eigenvalue weighted by molar-refractivity contribution is 7.14. The molecular formula is C21H27N5O9S. The fraction of sp³-hybridized carbons (Fsp3) is 0.571. The van der Waals surface area contributed by atoms with Crippen LogP contribution in [0.25, 0.3) is 0 Å². The van der Waals surface area contributed by atoms with E-state index in [-0.39, 0.29) is 23.4 Å². The van der Waals surface area contributed by atoms with Crippen LogP contribution in [-0.2, 0) is 38.3 Å². The second kappa shape index (κ2) is 10.5. The average molecular weight is 526 g/mol. The van der Waals surface area contributed by atoms with Crippen molar-refractivity contribution in [1.29, 1.82) is 0 Å². The molecule has 2 aliphatic rings. The quantitative estimate of drug-likeness (QED) is 0.138. The molecular weight excluding hydrogens is 498 g/mol. The molecule has 1 saturated heterocycles. The maximum Gasteiger partial charge on any atom is 0.413 e. The molecule has 3 amide bonds. The molecule has 1 aliphatic carbocycles. The zero-order valence-corrected chi connectivity index (χ0v) is 21.1. The van der Waals surface area contributed by atoms with Crippen LogP contribution in [0, 0.1) is 5.92 Å². The lowest BCUT2D eigenvalue weighted by Gasteiger charge is -2.18. The minimum Gasteiger partial charge on any atom is -0.462 e. The SMILES string of the molecule is CC(C)COC(=O)C1(O/N=C(\C(=O)N[C@@H]2C(=O)NOC2=O)c2csc(NC(=O)OC(C)(C)C)n2)CC1. The van der Waals surface area contributed by atoms with Crippen molar-refractivity contribution in [1.82, 2.24) is 15.8 Å². The van der Waals surface area contributed by atoms with Gasteiger partial charge in [-0.3, -0.25) is 14.9 Å². The van der Waals surface area contributed by atoms with Gasteiger partial charge in [0.2, 0.25) is 11.6 Å². The van der Waals surface area contributed by atoms with Crippen molar-refractivity contribution in [2.24, 2.45) is 11.1 Å². The normalized spacial score (nSPS) is 18.7. The first kappa shape index (κ1) is 26.8. The summed E-state index contributed by atoms with van der Waals surface area (Å²) in [6.07, 6.45) is -0.123. The molecule has 1 saturated carbocycles. The predicted octanol–water partition coefficient (Wildman–Crippen LogP) is 1.02. The lowest BCUT2D eigenvalue weighted by molar-refractivity contribution is -0.161. The largest absolute Gasteiger partial charge is 0.462 e. The molecule has 3 rings (SSSR count). The number of ether oxygens (including phenoxy) is 2. The Morgan fingerprint density at radius 2 is 2.00 bits per heavy atom. The van der Waals surface area contributed by atoms with Crippen LogP contribution in [0.1, 0.15) is 53.2 Å². The lowest BCUT2D eigenvalue weighted by atomic mass is 10.2. The summed E-state index contributed by atoms with van der Waals surface area (Å²) in [5.41, 5.74) is -0.754. The summed E-state index contributed by atoms with van der Waals surface area (Å²) in [5.74, 6) is -3.42. The molecule has 1 aliphatic heterocycles. The number of esters is 1. The molecule has 196 valence electrons. The van der Waals surface area contributed by atoms with Crippen LogP contribution in [0.2, 0.25) is 0 Å². The van der Waals surface area contributed by atoms with Crippen molar-refractivity contribution < 1.29 is 43.1 Å². The van der Waals surface area contributed by atoms with E-state index in [4.69, 9.17) is 14.3 Å². The first-order valence-electron chi connectivity index (χ1n) is 11.0. The highest BCUT2D eigenvalue weighted by atomic mass is 32.1. The van der Waals surface area contributed by atoms with E-state index in [1.165, 1.54) is 5.38 Å². The van der Waals surface area contributed by atoms with Crippen LogP contribution in [-0.4, -0.2) is 64.4 Å². The average Bonchev–Trinajstić information content (AvgIpc) is 3.33. The van der Waals surface area contributed by atoms with Gasteiger partial charge >= 0.3 is 18.0 Å². The lowest BCUT2D eigenvalue weighted by Crippen LogP contribution is -2.47. The van der Waals surface area contributed by atoms with Gasteiger partial charge in [-0.25, -0.2) is 19.4 Å². The predicted molar refractivity (Wildman–Crippen MR) is 124 cm³/mol.